The molecule has 0 spiro atoms. The van der Waals surface area contributed by atoms with Gasteiger partial charge in [-0.2, -0.15) is 4.39 Å². The van der Waals surface area contributed by atoms with E-state index < -0.39 is 11.8 Å². The number of hydrogen-bond donors (Lipinski definition) is 1. The average molecular weight is 382 g/mol. The Morgan fingerprint density at radius 2 is 2.20 bits per heavy atom. The number of halogens is 1. The molecule has 5 nitrogen and oxygen atoms in total. The Kier molecular flexibility index (Phi) is 4.16. The summed E-state index contributed by atoms with van der Waals surface area (Å²) >= 11 is 3.15. The zero-order valence-corrected chi connectivity index (χ0v) is 15.6. The summed E-state index contributed by atoms with van der Waals surface area (Å²) in [7, 11) is 2.06. The minimum absolute atomic E-state index is 0.369. The second-order valence-electron chi connectivity index (χ2n) is 6.66. The minimum Gasteiger partial charge on any atom is -0.476 e. The van der Waals surface area contributed by atoms with Crippen molar-refractivity contribution < 1.29 is 19.0 Å². The molecule has 2 saturated carbocycles. The zero-order chi connectivity index (χ0) is 17.8. The van der Waals surface area contributed by atoms with Gasteiger partial charge in [0.05, 0.1) is 15.5 Å². The molecule has 0 saturated heterocycles. The highest BCUT2D eigenvalue weighted by Crippen LogP contribution is 2.71. The molecule has 134 valence electrons. The molecule has 0 radical (unpaired) electrons. The molecular weight excluding hydrogens is 363 g/mol. The van der Waals surface area contributed by atoms with E-state index in [-0.39, 0.29) is 0 Å². The van der Waals surface area contributed by atoms with Crippen LogP contribution in [-0.4, -0.2) is 47.3 Å². The number of nitrogens with zero attached hydrogens (tertiary/aromatic N) is 2. The van der Waals surface area contributed by atoms with E-state index in [9.17, 15) is 9.18 Å². The van der Waals surface area contributed by atoms with Gasteiger partial charge in [-0.05, 0) is 56.1 Å². The van der Waals surface area contributed by atoms with Crippen molar-refractivity contribution >= 4 is 35.4 Å². The lowest BCUT2D eigenvalue weighted by atomic mass is 10.2. The monoisotopic (exact) mass is 382 g/mol. The lowest BCUT2D eigenvalue weighted by Gasteiger charge is -2.28. The normalized spacial score (nSPS) is 28.0. The Balaban J connectivity index is 1.70. The van der Waals surface area contributed by atoms with Crippen LogP contribution in [0.3, 0.4) is 0 Å². The van der Waals surface area contributed by atoms with E-state index in [1.165, 1.54) is 30.3 Å². The number of fused-ring (bicyclic) bond motifs is 2. The Morgan fingerprint density at radius 3 is 2.80 bits per heavy atom. The maximum atomic E-state index is 13.3. The summed E-state index contributed by atoms with van der Waals surface area (Å²) in [6, 6.07) is 3.99. The van der Waals surface area contributed by atoms with E-state index >= 15 is 0 Å². The molecule has 25 heavy (non-hydrogen) atoms. The molecule has 0 atom stereocenters. The molecule has 2 fully saturated rings. The maximum Gasteiger partial charge on any atom is 0.368 e. The molecule has 2 aliphatic carbocycles. The number of rotatable bonds is 5. The molecule has 1 aromatic rings. The largest absolute Gasteiger partial charge is 0.476 e. The number of benzene rings is 1. The number of hydrogen-bond acceptors (Lipinski definition) is 6. The Morgan fingerprint density at radius 1 is 1.48 bits per heavy atom. The summed E-state index contributed by atoms with van der Waals surface area (Å²) < 4.78 is 20.8. The van der Waals surface area contributed by atoms with Gasteiger partial charge in [0.25, 0.3) is 0 Å². The standard InChI is InChI=1S/C17H19FN2O3S2/c1-19-3-4-20(17-7-10(17)8-17)12-5-15(24-2)13(6-14(12)25-19)23-9-11(18)16(21)22/h5-6,9-10H,3-4,7-8H2,1-2H3,(H,21,22)/b11-9-. The number of carboxylic acid groups (broad SMARTS) is 1. The van der Waals surface area contributed by atoms with Crippen molar-refractivity contribution in [3.8, 4) is 5.75 Å². The summed E-state index contributed by atoms with van der Waals surface area (Å²) in [5.41, 5.74) is 1.57. The second kappa shape index (κ2) is 6.10. The molecular formula is C17H19FN2O3S2. The molecule has 0 aromatic heterocycles. The molecule has 8 heteroatoms. The van der Waals surface area contributed by atoms with Crippen molar-refractivity contribution in [2.75, 3.05) is 31.3 Å². The van der Waals surface area contributed by atoms with Crippen LogP contribution in [0.25, 0.3) is 0 Å². The predicted octanol–water partition coefficient (Wildman–Crippen LogP) is 3.60. The lowest BCUT2D eigenvalue weighted by Crippen LogP contribution is -2.35. The van der Waals surface area contributed by atoms with Crippen molar-refractivity contribution in [1.29, 1.82) is 0 Å². The van der Waals surface area contributed by atoms with Crippen molar-refractivity contribution in [3.63, 3.8) is 0 Å². The van der Waals surface area contributed by atoms with E-state index in [4.69, 9.17) is 9.84 Å². The Bertz CT molecular complexity index is 765. The number of carboxylic acids is 1. The summed E-state index contributed by atoms with van der Waals surface area (Å²) in [6.45, 7) is 1.96. The van der Waals surface area contributed by atoms with Crippen molar-refractivity contribution in [1.82, 2.24) is 4.31 Å². The molecule has 1 aromatic carbocycles. The second-order valence-corrected chi connectivity index (χ2v) is 8.76. The molecule has 1 aliphatic heterocycles. The van der Waals surface area contributed by atoms with Crippen LogP contribution in [0.2, 0.25) is 0 Å². The number of aliphatic carboxylic acids is 1. The van der Waals surface area contributed by atoms with Crippen LogP contribution in [0.1, 0.15) is 12.8 Å². The van der Waals surface area contributed by atoms with Crippen LogP contribution < -0.4 is 9.64 Å². The van der Waals surface area contributed by atoms with Gasteiger partial charge in [-0.25, -0.2) is 9.10 Å². The van der Waals surface area contributed by atoms with Gasteiger partial charge in [-0.15, -0.1) is 11.8 Å². The number of ether oxygens (including phenoxy) is 1. The highest BCUT2D eigenvalue weighted by Gasteiger charge is 2.73. The van der Waals surface area contributed by atoms with Gasteiger partial charge in [0, 0.05) is 18.6 Å². The molecule has 0 unspecified atom stereocenters. The van der Waals surface area contributed by atoms with Crippen molar-refractivity contribution in [2.24, 2.45) is 5.92 Å². The Labute approximate surface area is 154 Å². The van der Waals surface area contributed by atoms with Gasteiger partial charge in [-0.1, -0.05) is 0 Å². The number of carbonyl (C=O) groups is 1. The van der Waals surface area contributed by atoms with E-state index in [0.29, 0.717) is 17.6 Å². The highest BCUT2D eigenvalue weighted by molar-refractivity contribution is 7.98. The van der Waals surface area contributed by atoms with Gasteiger partial charge in [0.2, 0.25) is 5.83 Å². The van der Waals surface area contributed by atoms with Crippen LogP contribution in [0.5, 0.6) is 5.75 Å². The molecule has 1 N–H and O–H groups in total. The van der Waals surface area contributed by atoms with Crippen LogP contribution in [-0.2, 0) is 4.79 Å². The first kappa shape index (κ1) is 17.1. The average Bonchev–Trinajstić information content (AvgIpc) is 3.43. The summed E-state index contributed by atoms with van der Waals surface area (Å²) in [5, 5.41) is 8.64. The highest BCUT2D eigenvalue weighted by atomic mass is 32.2. The molecule has 4 rings (SSSR count). The van der Waals surface area contributed by atoms with Crippen LogP contribution in [0, 0.1) is 5.92 Å². The van der Waals surface area contributed by atoms with Gasteiger partial charge in [-0.3, -0.25) is 0 Å². The van der Waals surface area contributed by atoms with Crippen LogP contribution >= 0.6 is 23.7 Å². The fourth-order valence-corrected chi connectivity index (χ4v) is 4.85. The Hall–Kier alpha value is -1.38. The third-order valence-corrected chi connectivity index (χ3v) is 6.88. The minimum atomic E-state index is -1.63. The van der Waals surface area contributed by atoms with E-state index in [1.54, 1.807) is 11.9 Å². The maximum absolute atomic E-state index is 13.3. The smallest absolute Gasteiger partial charge is 0.368 e. The van der Waals surface area contributed by atoms with E-state index in [2.05, 4.69) is 22.3 Å². The van der Waals surface area contributed by atoms with E-state index in [0.717, 1.165) is 28.8 Å². The first-order valence-corrected chi connectivity index (χ1v) is 10.1. The quantitative estimate of drug-likeness (QED) is 0.361. The fourth-order valence-electron chi connectivity index (χ4n) is 3.39. The summed E-state index contributed by atoms with van der Waals surface area (Å²) in [4.78, 5) is 15.1. The zero-order valence-electron chi connectivity index (χ0n) is 14.0. The van der Waals surface area contributed by atoms with Gasteiger partial charge < -0.3 is 14.7 Å². The molecule has 0 amide bonds. The number of anilines is 1. The van der Waals surface area contributed by atoms with Crippen molar-refractivity contribution in [3.05, 3.63) is 24.2 Å². The van der Waals surface area contributed by atoms with Gasteiger partial charge in [0.1, 0.15) is 12.0 Å². The van der Waals surface area contributed by atoms with Crippen molar-refractivity contribution in [2.45, 2.75) is 28.2 Å². The van der Waals surface area contributed by atoms with E-state index in [1.807, 2.05) is 12.3 Å². The van der Waals surface area contributed by atoms with Crippen LogP contribution in [0.4, 0.5) is 10.1 Å². The predicted molar refractivity (Wildman–Crippen MR) is 97.0 cm³/mol. The first-order valence-electron chi connectivity index (χ1n) is 8.09. The number of likely N-dealkylation sites (N-methyl/N-ethyl adjacent to an activating group) is 1. The van der Waals surface area contributed by atoms with Crippen LogP contribution in [0.15, 0.2) is 34.0 Å². The third kappa shape index (κ3) is 3.00. The number of thioether (sulfide) groups is 1. The van der Waals surface area contributed by atoms with Gasteiger partial charge >= 0.3 is 5.97 Å². The fraction of sp³-hybridized carbons (Fsp3) is 0.471. The SMILES string of the molecule is CSc1cc2c(cc1O/C=C(\F)C(=O)O)SN(C)CCN2C12CC1C2. The first-order chi connectivity index (χ1) is 11.9. The molecule has 0 bridgehead atoms. The molecule has 1 heterocycles. The van der Waals surface area contributed by atoms with Gasteiger partial charge in [0.15, 0.2) is 0 Å². The topological polar surface area (TPSA) is 53.0 Å². The summed E-state index contributed by atoms with van der Waals surface area (Å²) in [5.74, 6) is -1.62. The third-order valence-electron chi connectivity index (χ3n) is 5.10. The lowest BCUT2D eigenvalue weighted by molar-refractivity contribution is -0.134. The summed E-state index contributed by atoms with van der Waals surface area (Å²) in [6.07, 6.45) is 5.14. The molecule has 3 aliphatic rings.